The van der Waals surface area contributed by atoms with E-state index in [0.29, 0.717) is 23.4 Å². The molecule has 1 fully saturated rings. The van der Waals surface area contributed by atoms with E-state index in [1.165, 1.54) is 25.7 Å². The molecule has 1 aliphatic carbocycles. The Kier molecular flexibility index (Phi) is 5.28. The molecular weight excluding hydrogens is 272 g/mol. The summed E-state index contributed by atoms with van der Waals surface area (Å²) in [5, 5.41) is 4.09. The first-order valence-corrected chi connectivity index (χ1v) is 7.85. The molecule has 0 aromatic carbocycles. The van der Waals surface area contributed by atoms with Crippen LogP contribution in [0.3, 0.4) is 0 Å². The van der Waals surface area contributed by atoms with Crippen molar-refractivity contribution in [1.82, 2.24) is 10.3 Å². The lowest BCUT2D eigenvalue weighted by Gasteiger charge is -2.20. The van der Waals surface area contributed by atoms with Gasteiger partial charge in [0.05, 0.1) is 17.3 Å². The predicted molar refractivity (Wildman–Crippen MR) is 83.3 cm³/mol. The first kappa shape index (κ1) is 15.6. The molecule has 0 amide bonds. The molecule has 1 saturated carbocycles. The first-order chi connectivity index (χ1) is 9.44. The Morgan fingerprint density at radius 1 is 1.30 bits per heavy atom. The van der Waals surface area contributed by atoms with E-state index in [0.717, 1.165) is 12.3 Å². The minimum Gasteiger partial charge on any atom is -0.477 e. The van der Waals surface area contributed by atoms with Crippen LogP contribution in [0.15, 0.2) is 12.1 Å². The summed E-state index contributed by atoms with van der Waals surface area (Å²) >= 11 is 6.19. The number of pyridine rings is 1. The van der Waals surface area contributed by atoms with Crippen LogP contribution in [0.25, 0.3) is 0 Å². The third-order valence-electron chi connectivity index (χ3n) is 3.62. The highest BCUT2D eigenvalue weighted by molar-refractivity contribution is 6.31. The number of hydrogen-bond acceptors (Lipinski definition) is 3. The smallest absolute Gasteiger partial charge is 0.213 e. The zero-order valence-electron chi connectivity index (χ0n) is 12.7. The summed E-state index contributed by atoms with van der Waals surface area (Å²) in [6.07, 6.45) is 5.24. The molecule has 0 atom stereocenters. The summed E-state index contributed by atoms with van der Waals surface area (Å²) in [7, 11) is 0. The molecule has 20 heavy (non-hydrogen) atoms. The molecule has 0 bridgehead atoms. The summed E-state index contributed by atoms with van der Waals surface area (Å²) < 4.78 is 5.82. The maximum atomic E-state index is 6.19. The number of aromatic nitrogens is 1. The summed E-state index contributed by atoms with van der Waals surface area (Å²) in [4.78, 5) is 4.52. The molecule has 112 valence electrons. The van der Waals surface area contributed by atoms with E-state index in [9.17, 15) is 0 Å². The molecule has 1 heterocycles. The highest BCUT2D eigenvalue weighted by Crippen LogP contribution is 2.26. The van der Waals surface area contributed by atoms with Crippen LogP contribution in [0.4, 0.5) is 0 Å². The summed E-state index contributed by atoms with van der Waals surface area (Å²) in [6.45, 7) is 7.81. The molecule has 1 N–H and O–H groups in total. The van der Waals surface area contributed by atoms with Crippen molar-refractivity contribution in [3.63, 3.8) is 0 Å². The monoisotopic (exact) mass is 296 g/mol. The maximum absolute atomic E-state index is 6.19. The van der Waals surface area contributed by atoms with Crippen LogP contribution in [-0.2, 0) is 6.54 Å². The van der Waals surface area contributed by atoms with Gasteiger partial charge in [-0.2, -0.15) is 0 Å². The number of rotatable bonds is 5. The molecule has 0 unspecified atom stereocenters. The standard InChI is InChI=1S/C16H25ClN2O/c1-16(2,3)18-10-14-13(17)8-9-15(19-14)20-11-12-6-4-5-7-12/h8-9,12,18H,4-7,10-11H2,1-3H3. The predicted octanol–water partition coefficient (Wildman–Crippen LogP) is 4.19. The zero-order valence-corrected chi connectivity index (χ0v) is 13.5. The number of nitrogens with one attached hydrogen (secondary N) is 1. The highest BCUT2D eigenvalue weighted by Gasteiger charge is 2.16. The SMILES string of the molecule is CC(C)(C)NCc1nc(OCC2CCCC2)ccc1Cl. The van der Waals surface area contributed by atoms with E-state index in [2.05, 4.69) is 31.1 Å². The van der Waals surface area contributed by atoms with Crippen molar-refractivity contribution in [2.45, 2.75) is 58.5 Å². The molecular formula is C16H25ClN2O. The molecule has 0 saturated heterocycles. The maximum Gasteiger partial charge on any atom is 0.213 e. The van der Waals surface area contributed by atoms with Crippen LogP contribution >= 0.6 is 11.6 Å². The van der Waals surface area contributed by atoms with Crippen LogP contribution in [0.5, 0.6) is 5.88 Å². The Hall–Kier alpha value is -0.800. The van der Waals surface area contributed by atoms with Gasteiger partial charge < -0.3 is 10.1 Å². The van der Waals surface area contributed by atoms with Crippen molar-refractivity contribution in [1.29, 1.82) is 0 Å². The lowest BCUT2D eigenvalue weighted by molar-refractivity contribution is 0.242. The second kappa shape index (κ2) is 6.77. The average molecular weight is 297 g/mol. The Labute approximate surface area is 127 Å². The zero-order chi connectivity index (χ0) is 14.6. The van der Waals surface area contributed by atoms with Crippen molar-refractivity contribution in [3.8, 4) is 5.88 Å². The first-order valence-electron chi connectivity index (χ1n) is 7.47. The van der Waals surface area contributed by atoms with E-state index in [-0.39, 0.29) is 5.54 Å². The summed E-state index contributed by atoms with van der Waals surface area (Å²) in [6, 6.07) is 3.73. The van der Waals surface area contributed by atoms with Crippen LogP contribution in [0, 0.1) is 5.92 Å². The molecule has 1 aliphatic rings. The molecule has 1 aromatic rings. The quantitative estimate of drug-likeness (QED) is 0.884. The molecule has 2 rings (SSSR count). The molecule has 1 aromatic heterocycles. The number of ether oxygens (including phenoxy) is 1. The topological polar surface area (TPSA) is 34.2 Å². The number of nitrogens with zero attached hydrogens (tertiary/aromatic N) is 1. The van der Waals surface area contributed by atoms with E-state index in [1.807, 2.05) is 12.1 Å². The fourth-order valence-corrected chi connectivity index (χ4v) is 2.57. The van der Waals surface area contributed by atoms with Crippen molar-refractivity contribution < 1.29 is 4.74 Å². The minimum absolute atomic E-state index is 0.0473. The number of hydrogen-bond donors (Lipinski definition) is 1. The normalized spacial score (nSPS) is 16.6. The van der Waals surface area contributed by atoms with Crippen molar-refractivity contribution >= 4 is 11.6 Å². The highest BCUT2D eigenvalue weighted by atomic mass is 35.5. The Bertz CT molecular complexity index is 437. The average Bonchev–Trinajstić information content (AvgIpc) is 2.88. The van der Waals surface area contributed by atoms with Crippen LogP contribution < -0.4 is 10.1 Å². The van der Waals surface area contributed by atoms with Crippen molar-refractivity contribution in [2.75, 3.05) is 6.61 Å². The van der Waals surface area contributed by atoms with E-state index < -0.39 is 0 Å². The summed E-state index contributed by atoms with van der Waals surface area (Å²) in [5.74, 6) is 1.38. The van der Waals surface area contributed by atoms with Crippen molar-refractivity contribution in [3.05, 3.63) is 22.8 Å². The van der Waals surface area contributed by atoms with Crippen molar-refractivity contribution in [2.24, 2.45) is 5.92 Å². The van der Waals surface area contributed by atoms with Gasteiger partial charge >= 0.3 is 0 Å². The van der Waals surface area contributed by atoms with Gasteiger partial charge in [0.25, 0.3) is 0 Å². The van der Waals surface area contributed by atoms with Gasteiger partial charge in [-0.05, 0) is 45.6 Å². The molecule has 0 spiro atoms. The van der Waals surface area contributed by atoms with E-state index >= 15 is 0 Å². The van der Waals surface area contributed by atoms with Crippen LogP contribution in [-0.4, -0.2) is 17.1 Å². The van der Waals surface area contributed by atoms with Gasteiger partial charge in [-0.15, -0.1) is 0 Å². The van der Waals surface area contributed by atoms with Gasteiger partial charge in [-0.25, -0.2) is 4.98 Å². The minimum atomic E-state index is 0.0473. The Balaban J connectivity index is 1.93. The third-order valence-corrected chi connectivity index (χ3v) is 3.97. The van der Waals surface area contributed by atoms with Gasteiger partial charge in [-0.1, -0.05) is 24.4 Å². The van der Waals surface area contributed by atoms with Gasteiger partial charge in [0.2, 0.25) is 5.88 Å². The van der Waals surface area contributed by atoms with Crippen LogP contribution in [0.2, 0.25) is 5.02 Å². The van der Waals surface area contributed by atoms with Gasteiger partial charge in [-0.3, -0.25) is 0 Å². The second-order valence-electron chi connectivity index (χ2n) is 6.64. The largest absolute Gasteiger partial charge is 0.477 e. The summed E-state index contributed by atoms with van der Waals surface area (Å²) in [5.41, 5.74) is 0.900. The van der Waals surface area contributed by atoms with Crippen LogP contribution in [0.1, 0.15) is 52.1 Å². The Morgan fingerprint density at radius 3 is 2.65 bits per heavy atom. The third kappa shape index (κ3) is 4.95. The Morgan fingerprint density at radius 2 is 2.00 bits per heavy atom. The lowest BCUT2D eigenvalue weighted by atomic mass is 10.1. The molecule has 0 aliphatic heterocycles. The number of halogens is 1. The molecule has 4 heteroatoms. The molecule has 3 nitrogen and oxygen atoms in total. The van der Waals surface area contributed by atoms with Gasteiger partial charge in [0.15, 0.2) is 0 Å². The second-order valence-corrected chi connectivity index (χ2v) is 7.05. The fraction of sp³-hybridized carbons (Fsp3) is 0.688. The van der Waals surface area contributed by atoms with E-state index in [4.69, 9.17) is 16.3 Å². The van der Waals surface area contributed by atoms with E-state index in [1.54, 1.807) is 0 Å². The van der Waals surface area contributed by atoms with Gasteiger partial charge in [0.1, 0.15) is 0 Å². The fourth-order valence-electron chi connectivity index (χ4n) is 2.40. The lowest BCUT2D eigenvalue weighted by Crippen LogP contribution is -2.35. The van der Waals surface area contributed by atoms with Gasteiger partial charge in [0, 0.05) is 18.2 Å². The molecule has 0 radical (unpaired) electrons.